The Morgan fingerprint density at radius 3 is 2.00 bits per heavy atom. The maximum Gasteiger partial charge on any atom is 0.137 e. The lowest BCUT2D eigenvalue weighted by Crippen LogP contribution is -2.11. The average molecular weight is 594 g/mol. The zero-order valence-corrected chi connectivity index (χ0v) is 25.2. The Bertz CT molecular complexity index is 2510. The summed E-state index contributed by atoms with van der Waals surface area (Å²) in [5.74, 6) is 0. The average Bonchev–Trinajstić information content (AvgIpc) is 3.68. The van der Waals surface area contributed by atoms with Crippen LogP contribution in [0.2, 0.25) is 0 Å². The molecule has 0 atom stereocenters. The summed E-state index contributed by atoms with van der Waals surface area (Å²) in [7, 11) is 0. The lowest BCUT2D eigenvalue weighted by molar-refractivity contribution is 0.669. The molecule has 0 unspecified atom stereocenters. The molecule has 0 aliphatic heterocycles. The van der Waals surface area contributed by atoms with E-state index in [1.807, 2.05) is 17.4 Å². The third kappa shape index (κ3) is 4.24. The number of thiophene rings is 1. The van der Waals surface area contributed by atoms with Crippen LogP contribution in [0, 0.1) is 0 Å². The van der Waals surface area contributed by atoms with Crippen LogP contribution in [0.25, 0.3) is 64.4 Å². The van der Waals surface area contributed by atoms with E-state index < -0.39 is 0 Å². The van der Waals surface area contributed by atoms with Crippen LogP contribution in [0.3, 0.4) is 0 Å². The second-order valence-corrected chi connectivity index (χ2v) is 12.4. The van der Waals surface area contributed by atoms with Crippen LogP contribution in [0.5, 0.6) is 0 Å². The first-order valence-corrected chi connectivity index (χ1v) is 16.0. The van der Waals surface area contributed by atoms with E-state index in [1.165, 1.54) is 42.4 Å². The summed E-state index contributed by atoms with van der Waals surface area (Å²) >= 11 is 1.86. The molecule has 0 N–H and O–H groups in total. The van der Waals surface area contributed by atoms with Crippen molar-refractivity contribution in [2.24, 2.45) is 0 Å². The molecule has 9 aromatic rings. The predicted octanol–water partition coefficient (Wildman–Crippen LogP) is 12.8. The first-order valence-electron chi connectivity index (χ1n) is 15.2. The SMILES string of the molecule is c1ccc(-c2cccc(N(c3ccccc3-c3cccc4sc5ccccc5c34)c3cccc4oc5ccccc5c34)c2)cc1. The van der Waals surface area contributed by atoms with E-state index in [9.17, 15) is 0 Å². The number of rotatable bonds is 5. The number of hydrogen-bond acceptors (Lipinski definition) is 3. The van der Waals surface area contributed by atoms with Crippen molar-refractivity contribution in [3.63, 3.8) is 0 Å². The van der Waals surface area contributed by atoms with Crippen molar-refractivity contribution in [1.29, 1.82) is 0 Å². The second kappa shape index (κ2) is 10.5. The van der Waals surface area contributed by atoms with Crippen molar-refractivity contribution in [3.8, 4) is 22.3 Å². The van der Waals surface area contributed by atoms with E-state index in [-0.39, 0.29) is 0 Å². The Hall–Kier alpha value is -5.64. The highest BCUT2D eigenvalue weighted by atomic mass is 32.1. The maximum absolute atomic E-state index is 6.39. The fraction of sp³-hybridized carbons (Fsp3) is 0. The minimum atomic E-state index is 0.876. The Labute approximate surface area is 265 Å². The van der Waals surface area contributed by atoms with Crippen LogP contribution < -0.4 is 4.90 Å². The molecule has 45 heavy (non-hydrogen) atoms. The van der Waals surface area contributed by atoms with Gasteiger partial charge < -0.3 is 9.32 Å². The molecule has 0 fully saturated rings. The predicted molar refractivity (Wildman–Crippen MR) is 192 cm³/mol. The molecule has 2 nitrogen and oxygen atoms in total. The Morgan fingerprint density at radius 1 is 0.422 bits per heavy atom. The summed E-state index contributed by atoms with van der Waals surface area (Å²) in [5.41, 5.74) is 9.82. The van der Waals surface area contributed by atoms with Gasteiger partial charge in [-0.25, -0.2) is 0 Å². The molecule has 212 valence electrons. The van der Waals surface area contributed by atoms with Gasteiger partial charge in [0, 0.05) is 36.8 Å². The van der Waals surface area contributed by atoms with Crippen molar-refractivity contribution in [2.75, 3.05) is 4.90 Å². The summed E-state index contributed by atoms with van der Waals surface area (Å²) in [6.45, 7) is 0. The largest absolute Gasteiger partial charge is 0.456 e. The molecule has 0 saturated carbocycles. The number of nitrogens with zero attached hydrogens (tertiary/aromatic N) is 1. The number of furan rings is 1. The molecule has 9 rings (SSSR count). The third-order valence-corrected chi connectivity index (χ3v) is 9.81. The molecule has 0 aliphatic carbocycles. The van der Waals surface area contributed by atoms with Gasteiger partial charge in [0.05, 0.1) is 16.8 Å². The lowest BCUT2D eigenvalue weighted by Gasteiger charge is -2.29. The van der Waals surface area contributed by atoms with Gasteiger partial charge in [-0.15, -0.1) is 11.3 Å². The van der Waals surface area contributed by atoms with Gasteiger partial charge in [0.1, 0.15) is 11.2 Å². The van der Waals surface area contributed by atoms with Gasteiger partial charge in [0.25, 0.3) is 0 Å². The number of fused-ring (bicyclic) bond motifs is 6. The fourth-order valence-corrected chi connectivity index (χ4v) is 7.83. The highest BCUT2D eigenvalue weighted by molar-refractivity contribution is 7.25. The van der Waals surface area contributed by atoms with Crippen molar-refractivity contribution < 1.29 is 4.42 Å². The summed E-state index contributed by atoms with van der Waals surface area (Å²) in [4.78, 5) is 2.42. The Morgan fingerprint density at radius 2 is 1.07 bits per heavy atom. The molecule has 0 aliphatic rings. The molecule has 7 aromatic carbocycles. The lowest BCUT2D eigenvalue weighted by atomic mass is 9.96. The molecule has 0 radical (unpaired) electrons. The van der Waals surface area contributed by atoms with E-state index in [4.69, 9.17) is 4.42 Å². The van der Waals surface area contributed by atoms with Crippen LogP contribution >= 0.6 is 11.3 Å². The zero-order valence-electron chi connectivity index (χ0n) is 24.4. The summed E-state index contributed by atoms with van der Waals surface area (Å²) in [5, 5.41) is 4.81. The number of anilines is 3. The molecule has 0 spiro atoms. The van der Waals surface area contributed by atoms with E-state index >= 15 is 0 Å². The topological polar surface area (TPSA) is 16.4 Å². The summed E-state index contributed by atoms with van der Waals surface area (Å²) in [6.07, 6.45) is 0. The fourth-order valence-electron chi connectivity index (χ4n) is 6.70. The third-order valence-electron chi connectivity index (χ3n) is 8.67. The highest BCUT2D eigenvalue weighted by Gasteiger charge is 2.23. The number of benzene rings is 7. The molecule has 0 bridgehead atoms. The monoisotopic (exact) mass is 593 g/mol. The quantitative estimate of drug-likeness (QED) is 0.197. The van der Waals surface area contributed by atoms with Crippen LogP contribution in [-0.4, -0.2) is 0 Å². The van der Waals surface area contributed by atoms with E-state index in [0.717, 1.165) is 39.0 Å². The number of para-hydroxylation sites is 2. The number of hydrogen-bond donors (Lipinski definition) is 0. The summed E-state index contributed by atoms with van der Waals surface area (Å²) in [6, 6.07) is 58.4. The van der Waals surface area contributed by atoms with Gasteiger partial charge >= 0.3 is 0 Å². The van der Waals surface area contributed by atoms with E-state index in [1.54, 1.807) is 0 Å². The normalized spacial score (nSPS) is 11.6. The highest BCUT2D eigenvalue weighted by Crippen LogP contribution is 2.48. The van der Waals surface area contributed by atoms with E-state index in [2.05, 4.69) is 163 Å². The smallest absolute Gasteiger partial charge is 0.137 e. The Balaban J connectivity index is 1.36. The first kappa shape index (κ1) is 25.8. The molecule has 0 amide bonds. The van der Waals surface area contributed by atoms with Crippen LogP contribution in [-0.2, 0) is 0 Å². The molecule has 2 heterocycles. The van der Waals surface area contributed by atoms with Gasteiger partial charge in [-0.1, -0.05) is 115 Å². The van der Waals surface area contributed by atoms with Crippen LogP contribution in [0.15, 0.2) is 168 Å². The minimum absolute atomic E-state index is 0.876. The summed E-state index contributed by atoms with van der Waals surface area (Å²) < 4.78 is 8.99. The van der Waals surface area contributed by atoms with Gasteiger partial charge in [-0.2, -0.15) is 0 Å². The van der Waals surface area contributed by atoms with E-state index in [0.29, 0.717) is 0 Å². The van der Waals surface area contributed by atoms with Crippen molar-refractivity contribution in [3.05, 3.63) is 164 Å². The van der Waals surface area contributed by atoms with Crippen molar-refractivity contribution >= 4 is 70.5 Å². The van der Waals surface area contributed by atoms with Gasteiger partial charge in [-0.05, 0) is 65.2 Å². The molecule has 3 heteroatoms. The molecular weight excluding hydrogens is 567 g/mol. The molecular formula is C42H27NOS. The van der Waals surface area contributed by atoms with Crippen molar-refractivity contribution in [1.82, 2.24) is 0 Å². The van der Waals surface area contributed by atoms with Gasteiger partial charge in [0.2, 0.25) is 0 Å². The van der Waals surface area contributed by atoms with Gasteiger partial charge in [0.15, 0.2) is 0 Å². The van der Waals surface area contributed by atoms with Crippen molar-refractivity contribution in [2.45, 2.75) is 0 Å². The second-order valence-electron chi connectivity index (χ2n) is 11.3. The molecule has 0 saturated heterocycles. The Kier molecular flexibility index (Phi) is 6.03. The standard InChI is InChI=1S/C42H27NOS/c1-2-13-28(14-3-1)29-15-10-16-30(27-29)43(36-22-12-24-38-42(36)33-18-5-8-23-37(33)44-38)35-21-7-4-17-31(35)32-20-11-26-40-41(32)34-19-6-9-25-39(34)45-40/h1-27H. The molecule has 2 aromatic heterocycles. The van der Waals surface area contributed by atoms with Crippen LogP contribution in [0.4, 0.5) is 17.1 Å². The minimum Gasteiger partial charge on any atom is -0.456 e. The zero-order chi connectivity index (χ0) is 29.7. The first-order chi connectivity index (χ1) is 22.3. The van der Waals surface area contributed by atoms with Gasteiger partial charge in [-0.3, -0.25) is 0 Å². The maximum atomic E-state index is 6.39. The van der Waals surface area contributed by atoms with Crippen LogP contribution in [0.1, 0.15) is 0 Å².